The smallest absolute Gasteiger partial charge is 0.303 e. The number of carbonyl (C=O) groups excluding carboxylic acids is 1. The Balaban J connectivity index is 1.73. The first-order valence-corrected chi connectivity index (χ1v) is 9.94. The van der Waals surface area contributed by atoms with Gasteiger partial charge >= 0.3 is 5.92 Å². The molecule has 0 fully saturated rings. The molecule has 30 heavy (non-hydrogen) atoms. The fraction of sp³-hybridized carbons (Fsp3) is 0.316. The molecule has 0 radical (unpaired) electrons. The predicted octanol–water partition coefficient (Wildman–Crippen LogP) is 3.75. The summed E-state index contributed by atoms with van der Waals surface area (Å²) in [6.45, 7) is 3.72. The van der Waals surface area contributed by atoms with E-state index in [1.165, 1.54) is 24.1 Å². The summed E-state index contributed by atoms with van der Waals surface area (Å²) in [6.07, 6.45) is 2.87. The Morgan fingerprint density at radius 3 is 2.73 bits per heavy atom. The number of hydrogen-bond donors (Lipinski definition) is 2. The second-order valence-electron chi connectivity index (χ2n) is 7.14. The molecule has 0 atom stereocenters. The van der Waals surface area contributed by atoms with Crippen molar-refractivity contribution in [2.24, 2.45) is 0 Å². The topological polar surface area (TPSA) is 95.9 Å². The number of aromatic nitrogens is 4. The Morgan fingerprint density at radius 1 is 1.23 bits per heavy atom. The summed E-state index contributed by atoms with van der Waals surface area (Å²) in [6, 6.07) is 3.12. The Bertz CT molecular complexity index is 1090. The number of thiazole rings is 1. The van der Waals surface area contributed by atoms with Crippen LogP contribution in [-0.4, -0.2) is 37.8 Å². The Hall–Kier alpha value is -3.05. The van der Waals surface area contributed by atoms with Crippen molar-refractivity contribution in [1.29, 1.82) is 0 Å². The Kier molecular flexibility index (Phi) is 5.16. The van der Waals surface area contributed by atoms with Crippen molar-refractivity contribution >= 4 is 34.6 Å². The lowest BCUT2D eigenvalue weighted by Crippen LogP contribution is -2.13. The first-order chi connectivity index (χ1) is 14.2. The fourth-order valence-electron chi connectivity index (χ4n) is 3.06. The molecule has 8 nitrogen and oxygen atoms in total. The fourth-order valence-corrected chi connectivity index (χ4v) is 4.23. The third kappa shape index (κ3) is 4.26. The Morgan fingerprint density at radius 2 is 2.03 bits per heavy atom. The maximum atomic E-state index is 13.6. The normalized spacial score (nSPS) is 13.9. The van der Waals surface area contributed by atoms with Gasteiger partial charge in [0.1, 0.15) is 16.6 Å². The van der Waals surface area contributed by atoms with E-state index in [-0.39, 0.29) is 11.7 Å². The van der Waals surface area contributed by atoms with Gasteiger partial charge in [-0.15, -0.1) is 11.3 Å². The van der Waals surface area contributed by atoms with E-state index in [0.29, 0.717) is 17.1 Å². The highest BCUT2D eigenvalue weighted by molar-refractivity contribution is 7.15. The quantitative estimate of drug-likeness (QED) is 0.635. The third-order valence-electron chi connectivity index (χ3n) is 4.36. The van der Waals surface area contributed by atoms with Crippen LogP contribution in [0.15, 0.2) is 24.5 Å². The van der Waals surface area contributed by atoms with E-state index in [2.05, 4.69) is 30.5 Å². The van der Waals surface area contributed by atoms with Crippen molar-refractivity contribution < 1.29 is 13.6 Å². The van der Waals surface area contributed by atoms with Crippen LogP contribution in [-0.2, 0) is 23.8 Å². The number of nitrogens with one attached hydrogen (secondary N) is 2. The summed E-state index contributed by atoms with van der Waals surface area (Å²) >= 11 is 1.56. The number of fused-ring (bicyclic) bond motifs is 1. The molecule has 11 heteroatoms. The maximum absolute atomic E-state index is 13.6. The van der Waals surface area contributed by atoms with Gasteiger partial charge in [0.15, 0.2) is 0 Å². The van der Waals surface area contributed by atoms with Crippen LogP contribution in [0.1, 0.15) is 30.2 Å². The zero-order valence-electron chi connectivity index (χ0n) is 16.5. The second kappa shape index (κ2) is 7.65. The third-order valence-corrected chi connectivity index (χ3v) is 5.48. The maximum Gasteiger partial charge on any atom is 0.303 e. The van der Waals surface area contributed by atoms with Crippen molar-refractivity contribution in [2.75, 3.05) is 17.7 Å². The van der Waals surface area contributed by atoms with Gasteiger partial charge in [-0.1, -0.05) is 0 Å². The lowest BCUT2D eigenvalue weighted by atomic mass is 10.2. The molecule has 0 aromatic carbocycles. The molecule has 3 aromatic rings. The highest BCUT2D eigenvalue weighted by Crippen LogP contribution is 2.38. The molecule has 0 unspecified atom stereocenters. The van der Waals surface area contributed by atoms with Gasteiger partial charge in [-0.25, -0.2) is 19.9 Å². The largest absolute Gasteiger partial charge is 0.339 e. The minimum absolute atomic E-state index is 0.201. The predicted molar refractivity (Wildman–Crippen MR) is 110 cm³/mol. The summed E-state index contributed by atoms with van der Waals surface area (Å²) in [5.41, 5.74) is 2.25. The zero-order chi connectivity index (χ0) is 21.5. The van der Waals surface area contributed by atoms with Gasteiger partial charge in [0.05, 0.1) is 16.9 Å². The molecule has 4 rings (SSSR count). The monoisotopic (exact) mass is 431 g/mol. The number of carbonyl (C=O) groups is 1. The number of anilines is 3. The molecule has 1 aliphatic heterocycles. The van der Waals surface area contributed by atoms with E-state index in [0.717, 1.165) is 30.7 Å². The van der Waals surface area contributed by atoms with Gasteiger partial charge in [-0.05, 0) is 13.1 Å². The number of hydrogen-bond acceptors (Lipinski definition) is 8. The molecule has 0 spiro atoms. The lowest BCUT2D eigenvalue weighted by molar-refractivity contribution is -0.114. The van der Waals surface area contributed by atoms with Crippen LogP contribution >= 0.6 is 11.3 Å². The average Bonchev–Trinajstić information content (AvgIpc) is 3.18. The second-order valence-corrected chi connectivity index (χ2v) is 8.22. The van der Waals surface area contributed by atoms with E-state index in [1.54, 1.807) is 23.6 Å². The molecule has 4 heterocycles. The highest BCUT2D eigenvalue weighted by atomic mass is 32.1. The molecule has 156 valence electrons. The van der Waals surface area contributed by atoms with Crippen molar-refractivity contribution in [3.63, 3.8) is 0 Å². The molecule has 1 aliphatic rings. The summed E-state index contributed by atoms with van der Waals surface area (Å²) in [5.74, 6) is -3.49. The number of pyridine rings is 1. The number of amides is 1. The number of halogens is 2. The van der Waals surface area contributed by atoms with Crippen LogP contribution in [0, 0.1) is 0 Å². The van der Waals surface area contributed by atoms with Gasteiger partial charge in [0, 0.05) is 50.3 Å². The van der Waals surface area contributed by atoms with Crippen LogP contribution in [0.25, 0.3) is 10.6 Å². The molecular weight excluding hydrogens is 412 g/mol. The average molecular weight is 431 g/mol. The summed E-state index contributed by atoms with van der Waals surface area (Å²) < 4.78 is 27.3. The standard InChI is InChI=1S/C19H19F2N7OS/c1-10(29)24-16-6-12(25-15-4-5-22-18(27-15)19(2,20)21)11(7-23-16)17-26-13-8-28(3)9-14(13)30-17/h4-7H,8-9H2,1-3H3,(H2,22,23,24,25,27,29). The number of nitrogens with zero attached hydrogens (tertiary/aromatic N) is 5. The number of rotatable bonds is 5. The summed E-state index contributed by atoms with van der Waals surface area (Å²) in [7, 11) is 2.03. The van der Waals surface area contributed by atoms with Crippen molar-refractivity contribution in [1.82, 2.24) is 24.8 Å². The van der Waals surface area contributed by atoms with Gasteiger partial charge in [0.2, 0.25) is 11.7 Å². The van der Waals surface area contributed by atoms with Crippen LogP contribution in [0.4, 0.5) is 26.1 Å². The first-order valence-electron chi connectivity index (χ1n) is 9.12. The van der Waals surface area contributed by atoms with Crippen LogP contribution in [0.3, 0.4) is 0 Å². The van der Waals surface area contributed by atoms with E-state index in [1.807, 2.05) is 7.05 Å². The number of alkyl halides is 2. The van der Waals surface area contributed by atoms with Gasteiger partial charge in [-0.3, -0.25) is 9.69 Å². The van der Waals surface area contributed by atoms with E-state index < -0.39 is 11.7 Å². The summed E-state index contributed by atoms with van der Waals surface area (Å²) in [5, 5.41) is 6.43. The Labute approximate surface area is 175 Å². The summed E-state index contributed by atoms with van der Waals surface area (Å²) in [4.78, 5) is 31.3. The van der Waals surface area contributed by atoms with Gasteiger partial charge < -0.3 is 10.6 Å². The minimum atomic E-state index is -3.16. The molecule has 2 N–H and O–H groups in total. The molecule has 0 aliphatic carbocycles. The van der Waals surface area contributed by atoms with Gasteiger partial charge in [-0.2, -0.15) is 8.78 Å². The van der Waals surface area contributed by atoms with Crippen LogP contribution in [0.5, 0.6) is 0 Å². The van der Waals surface area contributed by atoms with Crippen LogP contribution < -0.4 is 10.6 Å². The van der Waals surface area contributed by atoms with Crippen molar-refractivity contribution in [3.8, 4) is 10.6 Å². The lowest BCUT2D eigenvalue weighted by Gasteiger charge is -2.14. The molecule has 1 amide bonds. The van der Waals surface area contributed by atoms with Gasteiger partial charge in [0.25, 0.3) is 0 Å². The SMILES string of the molecule is CC(=O)Nc1cc(Nc2ccnc(C(C)(F)F)n2)c(-c2nc3c(s2)CN(C)C3)cn1. The molecule has 0 bridgehead atoms. The van der Waals surface area contributed by atoms with Crippen molar-refractivity contribution in [2.45, 2.75) is 32.9 Å². The molecule has 3 aromatic heterocycles. The molecular formula is C19H19F2N7OS. The minimum Gasteiger partial charge on any atom is -0.339 e. The van der Waals surface area contributed by atoms with Crippen LogP contribution in [0.2, 0.25) is 0 Å². The highest BCUT2D eigenvalue weighted by Gasteiger charge is 2.28. The van der Waals surface area contributed by atoms with E-state index in [9.17, 15) is 13.6 Å². The molecule has 0 saturated carbocycles. The van der Waals surface area contributed by atoms with Crippen molar-refractivity contribution in [3.05, 3.63) is 40.9 Å². The molecule has 0 saturated heterocycles. The first kappa shape index (κ1) is 20.2. The zero-order valence-corrected chi connectivity index (χ0v) is 17.3. The van der Waals surface area contributed by atoms with E-state index >= 15 is 0 Å². The van der Waals surface area contributed by atoms with E-state index in [4.69, 9.17) is 4.98 Å².